The average Bonchev–Trinajstić information content (AvgIpc) is 2.68. The third-order valence-corrected chi connectivity index (χ3v) is 9.28. The second kappa shape index (κ2) is 3.09. The fourth-order valence-electron chi connectivity index (χ4n) is 3.14. The van der Waals surface area contributed by atoms with E-state index in [1.165, 1.54) is 43.2 Å². The minimum absolute atomic E-state index is 1.04. The largest absolute Gasteiger partial charge is 0.384 e. The van der Waals surface area contributed by atoms with Crippen LogP contribution in [-0.2, 0) is 0 Å². The van der Waals surface area contributed by atoms with Gasteiger partial charge in [0.15, 0.2) is 0 Å². The summed E-state index contributed by atoms with van der Waals surface area (Å²) in [6.07, 6.45) is 6.92. The molecule has 3 heterocycles. The van der Waals surface area contributed by atoms with Gasteiger partial charge in [-0.3, -0.25) is 4.98 Å². The van der Waals surface area contributed by atoms with Gasteiger partial charge in [-0.05, 0) is 17.3 Å². The topological polar surface area (TPSA) is 24.9 Å². The van der Waals surface area contributed by atoms with Crippen LogP contribution in [0.1, 0.15) is 12.8 Å². The first-order chi connectivity index (χ1) is 6.91. The van der Waals surface area contributed by atoms with Crippen molar-refractivity contribution >= 4 is 18.9 Å². The minimum Gasteiger partial charge on any atom is -0.384 e. The Kier molecular flexibility index (Phi) is 1.87. The number of anilines is 1. The van der Waals surface area contributed by atoms with Gasteiger partial charge in [-0.1, -0.05) is 24.9 Å². The van der Waals surface area contributed by atoms with Gasteiger partial charge in [0.05, 0.1) is 13.8 Å². The monoisotopic (exact) mass is 204 g/mol. The van der Waals surface area contributed by atoms with Gasteiger partial charge in [0.1, 0.15) is 0 Å². The van der Waals surface area contributed by atoms with E-state index in [1.54, 1.807) is 5.19 Å². The standard InChI is InChI=1S/C11H16N2Si/c1-2-7-14(6-1)8-5-13-10-9-12-4-3-11(10)14/h3-4,9,13H,1-2,5-8H2. The fourth-order valence-corrected chi connectivity index (χ4v) is 8.31. The van der Waals surface area contributed by atoms with Crippen molar-refractivity contribution in [1.82, 2.24) is 4.98 Å². The van der Waals surface area contributed by atoms with E-state index in [9.17, 15) is 0 Å². The summed E-state index contributed by atoms with van der Waals surface area (Å²) in [5.74, 6) is 0. The van der Waals surface area contributed by atoms with Gasteiger partial charge in [-0.2, -0.15) is 0 Å². The summed E-state index contributed by atoms with van der Waals surface area (Å²) in [6.45, 7) is 1.19. The highest BCUT2D eigenvalue weighted by atomic mass is 28.3. The first kappa shape index (κ1) is 8.47. The lowest BCUT2D eigenvalue weighted by Crippen LogP contribution is -2.50. The van der Waals surface area contributed by atoms with Crippen molar-refractivity contribution in [3.05, 3.63) is 18.5 Å². The van der Waals surface area contributed by atoms with E-state index in [2.05, 4.69) is 16.4 Å². The number of aromatic nitrogens is 1. The van der Waals surface area contributed by atoms with E-state index in [1.807, 2.05) is 12.4 Å². The van der Waals surface area contributed by atoms with Crippen molar-refractivity contribution in [3.63, 3.8) is 0 Å². The Morgan fingerprint density at radius 2 is 2.07 bits per heavy atom. The van der Waals surface area contributed by atoms with E-state index < -0.39 is 8.07 Å². The van der Waals surface area contributed by atoms with Crippen LogP contribution in [0.5, 0.6) is 0 Å². The lowest BCUT2D eigenvalue weighted by molar-refractivity contribution is 0.935. The van der Waals surface area contributed by atoms with Crippen molar-refractivity contribution in [2.75, 3.05) is 11.9 Å². The maximum Gasteiger partial charge on any atom is 0.0912 e. The van der Waals surface area contributed by atoms with Crippen LogP contribution in [-0.4, -0.2) is 19.6 Å². The second-order valence-electron chi connectivity index (χ2n) is 4.59. The first-order valence-corrected chi connectivity index (χ1v) is 8.21. The molecule has 3 rings (SSSR count). The third kappa shape index (κ3) is 1.12. The lowest BCUT2D eigenvalue weighted by atomic mass is 10.4. The van der Waals surface area contributed by atoms with Crippen molar-refractivity contribution in [2.45, 2.75) is 31.0 Å². The van der Waals surface area contributed by atoms with Crippen LogP contribution in [0.15, 0.2) is 18.5 Å². The molecular formula is C11H16N2Si. The molecule has 2 nitrogen and oxygen atoms in total. The molecule has 14 heavy (non-hydrogen) atoms. The molecule has 0 amide bonds. The summed E-state index contributed by atoms with van der Waals surface area (Å²) in [6, 6.07) is 6.76. The Hall–Kier alpha value is -0.833. The van der Waals surface area contributed by atoms with Crippen molar-refractivity contribution < 1.29 is 0 Å². The average molecular weight is 204 g/mol. The van der Waals surface area contributed by atoms with Gasteiger partial charge in [0.25, 0.3) is 0 Å². The molecule has 0 aromatic carbocycles. The number of pyridine rings is 1. The molecule has 1 N–H and O–H groups in total. The Labute approximate surface area is 85.8 Å². The van der Waals surface area contributed by atoms with E-state index in [0.29, 0.717) is 0 Å². The molecule has 0 atom stereocenters. The molecular weight excluding hydrogens is 188 g/mol. The molecule has 1 saturated heterocycles. The normalized spacial score (nSPS) is 23.1. The minimum atomic E-state index is -1.04. The van der Waals surface area contributed by atoms with Crippen LogP contribution in [0.2, 0.25) is 18.1 Å². The molecule has 1 fully saturated rings. The highest BCUT2D eigenvalue weighted by molar-refractivity contribution is 6.93. The predicted molar refractivity (Wildman–Crippen MR) is 61.8 cm³/mol. The van der Waals surface area contributed by atoms with Gasteiger partial charge >= 0.3 is 0 Å². The Morgan fingerprint density at radius 1 is 1.21 bits per heavy atom. The third-order valence-electron chi connectivity index (χ3n) is 3.87. The molecule has 0 radical (unpaired) electrons. The Morgan fingerprint density at radius 3 is 2.93 bits per heavy atom. The molecule has 1 aromatic heterocycles. The SMILES string of the molecule is c1cc2c(cn1)NCC[Si]21CCCC1. The second-order valence-corrected chi connectivity index (χ2v) is 9.18. The molecule has 1 aromatic rings. The molecule has 3 heteroatoms. The summed E-state index contributed by atoms with van der Waals surface area (Å²) in [5.41, 5.74) is 1.34. The highest BCUT2D eigenvalue weighted by Crippen LogP contribution is 2.36. The molecule has 0 unspecified atom stereocenters. The maximum absolute atomic E-state index is 4.21. The summed E-state index contributed by atoms with van der Waals surface area (Å²) in [4.78, 5) is 4.21. The van der Waals surface area contributed by atoms with E-state index >= 15 is 0 Å². The number of nitrogens with zero attached hydrogens (tertiary/aromatic N) is 1. The van der Waals surface area contributed by atoms with Crippen LogP contribution in [0, 0.1) is 0 Å². The van der Waals surface area contributed by atoms with Gasteiger partial charge in [0, 0.05) is 18.9 Å². The van der Waals surface area contributed by atoms with Gasteiger partial charge in [-0.25, -0.2) is 0 Å². The van der Waals surface area contributed by atoms with Gasteiger partial charge in [0.2, 0.25) is 0 Å². The number of rotatable bonds is 0. The summed E-state index contributed by atoms with van der Waals surface area (Å²) >= 11 is 0. The van der Waals surface area contributed by atoms with Crippen molar-refractivity contribution in [2.24, 2.45) is 0 Å². The molecule has 74 valence electrons. The van der Waals surface area contributed by atoms with Gasteiger partial charge in [-0.15, -0.1) is 0 Å². The molecule has 2 aliphatic heterocycles. The van der Waals surface area contributed by atoms with Crippen LogP contribution >= 0.6 is 0 Å². The lowest BCUT2D eigenvalue weighted by Gasteiger charge is -2.34. The van der Waals surface area contributed by atoms with E-state index in [0.717, 1.165) is 0 Å². The summed E-state index contributed by atoms with van der Waals surface area (Å²) in [5, 5.41) is 5.15. The molecule has 1 spiro atoms. The number of nitrogens with one attached hydrogen (secondary N) is 1. The van der Waals surface area contributed by atoms with E-state index in [-0.39, 0.29) is 0 Å². The zero-order valence-electron chi connectivity index (χ0n) is 8.42. The molecule has 0 aliphatic carbocycles. The van der Waals surface area contributed by atoms with Crippen LogP contribution in [0.25, 0.3) is 0 Å². The smallest absolute Gasteiger partial charge is 0.0912 e. The number of hydrogen-bond acceptors (Lipinski definition) is 2. The Balaban J connectivity index is 2.10. The van der Waals surface area contributed by atoms with Crippen molar-refractivity contribution in [3.8, 4) is 0 Å². The Bertz CT molecular complexity index is 345. The zero-order chi connectivity index (χ0) is 9.43. The number of hydrogen-bond donors (Lipinski definition) is 1. The summed E-state index contributed by atoms with van der Waals surface area (Å²) in [7, 11) is -1.04. The maximum atomic E-state index is 4.21. The van der Waals surface area contributed by atoms with Crippen molar-refractivity contribution in [1.29, 1.82) is 0 Å². The van der Waals surface area contributed by atoms with Crippen LogP contribution in [0.4, 0.5) is 5.69 Å². The van der Waals surface area contributed by atoms with Crippen LogP contribution in [0.3, 0.4) is 0 Å². The van der Waals surface area contributed by atoms with E-state index in [4.69, 9.17) is 0 Å². The predicted octanol–water partition coefficient (Wildman–Crippen LogP) is 1.96. The summed E-state index contributed by atoms with van der Waals surface area (Å²) < 4.78 is 0. The fraction of sp³-hybridized carbons (Fsp3) is 0.545. The molecule has 0 saturated carbocycles. The van der Waals surface area contributed by atoms with Crippen LogP contribution < -0.4 is 10.5 Å². The zero-order valence-corrected chi connectivity index (χ0v) is 9.42. The number of fused-ring (bicyclic) bond motifs is 2. The molecule has 0 bridgehead atoms. The highest BCUT2D eigenvalue weighted by Gasteiger charge is 2.41. The quantitative estimate of drug-likeness (QED) is 0.653. The van der Waals surface area contributed by atoms with Gasteiger partial charge < -0.3 is 5.32 Å². The molecule has 2 aliphatic rings. The first-order valence-electron chi connectivity index (χ1n) is 5.59.